The minimum absolute atomic E-state index is 0.712. The molecule has 92 valence electrons. The highest BCUT2D eigenvalue weighted by molar-refractivity contribution is 5.18. The molecule has 0 aliphatic carbocycles. The van der Waals surface area contributed by atoms with Gasteiger partial charge in [-0.1, -0.05) is 31.9 Å². The van der Waals surface area contributed by atoms with Crippen LogP contribution in [0.15, 0.2) is 23.0 Å². The Bertz CT molecular complexity index is 276. The molecule has 0 bridgehead atoms. The van der Waals surface area contributed by atoms with Gasteiger partial charge in [-0.05, 0) is 38.5 Å². The van der Waals surface area contributed by atoms with Gasteiger partial charge in [0, 0.05) is 11.9 Å². The first kappa shape index (κ1) is 13.1. The molecule has 2 nitrogen and oxygen atoms in total. The van der Waals surface area contributed by atoms with Crippen LogP contribution < -0.4 is 10.6 Å². The quantitative estimate of drug-likeness (QED) is 0.672. The lowest BCUT2D eigenvalue weighted by molar-refractivity contribution is 0.546. The van der Waals surface area contributed by atoms with Crippen molar-refractivity contribution < 1.29 is 0 Å². The minimum Gasteiger partial charge on any atom is -0.372 e. The van der Waals surface area contributed by atoms with Gasteiger partial charge in [0.2, 0.25) is 0 Å². The summed E-state index contributed by atoms with van der Waals surface area (Å²) in [6, 6.07) is 0. The molecule has 0 aromatic heterocycles. The van der Waals surface area contributed by atoms with Crippen LogP contribution in [0.4, 0.5) is 0 Å². The third-order valence-electron chi connectivity index (χ3n) is 3.61. The Morgan fingerprint density at radius 2 is 2.06 bits per heavy atom. The maximum absolute atomic E-state index is 3.38. The average molecular weight is 222 g/mol. The molecular formula is C14H26N2. The number of rotatable bonds is 6. The number of hydrogen-bond donors (Lipinski definition) is 2. The van der Waals surface area contributed by atoms with Crippen molar-refractivity contribution in [2.24, 2.45) is 5.92 Å². The van der Waals surface area contributed by atoms with E-state index in [0.717, 1.165) is 13.1 Å². The van der Waals surface area contributed by atoms with Gasteiger partial charge in [0.25, 0.3) is 0 Å². The van der Waals surface area contributed by atoms with E-state index in [-0.39, 0.29) is 0 Å². The Morgan fingerprint density at radius 3 is 2.50 bits per heavy atom. The standard InChI is InChI=1S/C14H26N2/c1-5-11(4)14(7-3)12(6-2)8-13-9-15-10-16-13/h9,12,15-16H,5-8,10H2,1-4H3/b14-11+. The smallest absolute Gasteiger partial charge is 0.0843 e. The fourth-order valence-corrected chi connectivity index (χ4v) is 2.47. The van der Waals surface area contributed by atoms with Gasteiger partial charge in [-0.2, -0.15) is 0 Å². The lowest BCUT2D eigenvalue weighted by Crippen LogP contribution is -2.16. The van der Waals surface area contributed by atoms with Gasteiger partial charge in [-0.3, -0.25) is 0 Å². The van der Waals surface area contributed by atoms with Gasteiger partial charge in [-0.15, -0.1) is 0 Å². The van der Waals surface area contributed by atoms with E-state index in [1.807, 2.05) is 0 Å². The molecule has 16 heavy (non-hydrogen) atoms. The Kier molecular flexibility index (Phi) is 5.44. The molecule has 1 atom stereocenters. The Balaban J connectivity index is 2.71. The van der Waals surface area contributed by atoms with Gasteiger partial charge in [0.05, 0.1) is 6.67 Å². The van der Waals surface area contributed by atoms with Crippen LogP contribution in [-0.2, 0) is 0 Å². The Labute approximate surface area is 100 Å². The van der Waals surface area contributed by atoms with Crippen molar-refractivity contribution in [3.63, 3.8) is 0 Å². The lowest BCUT2D eigenvalue weighted by Gasteiger charge is -2.21. The van der Waals surface area contributed by atoms with Crippen molar-refractivity contribution in [2.75, 3.05) is 6.67 Å². The van der Waals surface area contributed by atoms with Crippen LogP contribution in [0.25, 0.3) is 0 Å². The van der Waals surface area contributed by atoms with E-state index in [9.17, 15) is 0 Å². The second-order valence-corrected chi connectivity index (χ2v) is 4.55. The first-order valence-corrected chi connectivity index (χ1v) is 6.57. The second kappa shape index (κ2) is 6.62. The zero-order valence-corrected chi connectivity index (χ0v) is 11.2. The first-order chi connectivity index (χ1) is 7.72. The molecule has 0 saturated carbocycles. The molecule has 0 spiro atoms. The maximum atomic E-state index is 3.38. The van der Waals surface area contributed by atoms with Crippen molar-refractivity contribution in [1.29, 1.82) is 0 Å². The van der Waals surface area contributed by atoms with E-state index >= 15 is 0 Å². The number of nitrogens with one attached hydrogen (secondary N) is 2. The molecule has 0 saturated heterocycles. The second-order valence-electron chi connectivity index (χ2n) is 4.55. The van der Waals surface area contributed by atoms with Crippen LogP contribution in [0.3, 0.4) is 0 Å². The highest BCUT2D eigenvalue weighted by Gasteiger charge is 2.16. The fraction of sp³-hybridized carbons (Fsp3) is 0.714. The third-order valence-corrected chi connectivity index (χ3v) is 3.61. The summed E-state index contributed by atoms with van der Waals surface area (Å²) in [6.07, 6.45) is 6.89. The van der Waals surface area contributed by atoms with Crippen LogP contribution in [0.1, 0.15) is 53.4 Å². The van der Waals surface area contributed by atoms with E-state index in [4.69, 9.17) is 0 Å². The van der Waals surface area contributed by atoms with Crippen LogP contribution in [0.5, 0.6) is 0 Å². The van der Waals surface area contributed by atoms with Gasteiger partial charge in [0.1, 0.15) is 0 Å². The molecule has 2 N–H and O–H groups in total. The SMILES string of the molecule is CC/C(C)=C(\CC)C(CC)CC1=CNCN1. The van der Waals surface area contributed by atoms with E-state index in [2.05, 4.69) is 44.5 Å². The van der Waals surface area contributed by atoms with Crippen LogP contribution in [-0.4, -0.2) is 6.67 Å². The molecule has 2 heteroatoms. The largest absolute Gasteiger partial charge is 0.372 e. The van der Waals surface area contributed by atoms with E-state index in [1.165, 1.54) is 25.0 Å². The summed E-state index contributed by atoms with van der Waals surface area (Å²) in [7, 11) is 0. The van der Waals surface area contributed by atoms with Gasteiger partial charge in [0.15, 0.2) is 0 Å². The molecule has 0 fully saturated rings. The zero-order chi connectivity index (χ0) is 12.0. The van der Waals surface area contributed by atoms with E-state index < -0.39 is 0 Å². The summed E-state index contributed by atoms with van der Waals surface area (Å²) in [5.41, 5.74) is 4.61. The van der Waals surface area contributed by atoms with Crippen LogP contribution in [0, 0.1) is 5.92 Å². The topological polar surface area (TPSA) is 24.1 Å². The highest BCUT2D eigenvalue weighted by Crippen LogP contribution is 2.28. The molecule has 0 aromatic carbocycles. The Morgan fingerprint density at radius 1 is 1.31 bits per heavy atom. The first-order valence-electron chi connectivity index (χ1n) is 6.57. The highest BCUT2D eigenvalue weighted by atomic mass is 15.1. The van der Waals surface area contributed by atoms with E-state index in [0.29, 0.717) is 5.92 Å². The average Bonchev–Trinajstić information content (AvgIpc) is 2.81. The monoisotopic (exact) mass is 222 g/mol. The molecule has 0 radical (unpaired) electrons. The summed E-state index contributed by atoms with van der Waals surface area (Å²) >= 11 is 0. The summed E-state index contributed by atoms with van der Waals surface area (Å²) in [5.74, 6) is 0.712. The summed E-state index contributed by atoms with van der Waals surface area (Å²) < 4.78 is 0. The Hall–Kier alpha value is -0.920. The van der Waals surface area contributed by atoms with Gasteiger partial charge >= 0.3 is 0 Å². The third kappa shape index (κ3) is 3.29. The van der Waals surface area contributed by atoms with Gasteiger partial charge < -0.3 is 10.6 Å². The van der Waals surface area contributed by atoms with Crippen molar-refractivity contribution in [3.8, 4) is 0 Å². The predicted molar refractivity (Wildman–Crippen MR) is 70.9 cm³/mol. The molecule has 1 aliphatic rings. The molecule has 1 aliphatic heterocycles. The maximum Gasteiger partial charge on any atom is 0.0843 e. The lowest BCUT2D eigenvalue weighted by atomic mass is 9.86. The molecule has 1 unspecified atom stereocenters. The predicted octanol–water partition coefficient (Wildman–Crippen LogP) is 3.53. The summed E-state index contributed by atoms with van der Waals surface area (Å²) in [4.78, 5) is 0. The zero-order valence-electron chi connectivity index (χ0n) is 11.2. The molecule has 0 aromatic rings. The summed E-state index contributed by atoms with van der Waals surface area (Å²) in [5, 5.41) is 6.60. The summed E-state index contributed by atoms with van der Waals surface area (Å²) in [6.45, 7) is 10.0. The van der Waals surface area contributed by atoms with Gasteiger partial charge in [-0.25, -0.2) is 0 Å². The van der Waals surface area contributed by atoms with Crippen LogP contribution >= 0.6 is 0 Å². The number of hydrogen-bond acceptors (Lipinski definition) is 2. The normalized spacial score (nSPS) is 18.4. The number of allylic oxidation sites excluding steroid dienone is 3. The van der Waals surface area contributed by atoms with Crippen molar-refractivity contribution in [1.82, 2.24) is 10.6 Å². The van der Waals surface area contributed by atoms with Crippen molar-refractivity contribution >= 4 is 0 Å². The molecule has 1 rings (SSSR count). The van der Waals surface area contributed by atoms with Crippen LogP contribution in [0.2, 0.25) is 0 Å². The van der Waals surface area contributed by atoms with Crippen molar-refractivity contribution in [2.45, 2.75) is 53.4 Å². The minimum atomic E-state index is 0.712. The molecule has 0 amide bonds. The molecular weight excluding hydrogens is 196 g/mol. The fourth-order valence-electron chi connectivity index (χ4n) is 2.47. The molecule has 1 heterocycles. The van der Waals surface area contributed by atoms with Crippen molar-refractivity contribution in [3.05, 3.63) is 23.0 Å². The van der Waals surface area contributed by atoms with E-state index in [1.54, 1.807) is 11.1 Å².